The molecular formula is C47H29N3OS. The molecule has 0 unspecified atom stereocenters. The molecule has 8 aromatic carbocycles. The van der Waals surface area contributed by atoms with Crippen LogP contribution < -0.4 is 4.90 Å². The van der Waals surface area contributed by atoms with Gasteiger partial charge in [-0.25, -0.2) is 4.98 Å². The fourth-order valence-corrected chi connectivity index (χ4v) is 9.15. The van der Waals surface area contributed by atoms with Gasteiger partial charge in [0.15, 0.2) is 5.58 Å². The summed E-state index contributed by atoms with van der Waals surface area (Å²) in [4.78, 5) is 7.42. The van der Waals surface area contributed by atoms with Crippen LogP contribution in [0.3, 0.4) is 0 Å². The summed E-state index contributed by atoms with van der Waals surface area (Å²) in [7, 11) is 0. The molecule has 0 bridgehead atoms. The van der Waals surface area contributed by atoms with Crippen LogP contribution in [0, 0.1) is 0 Å². The molecule has 5 heteroatoms. The third kappa shape index (κ3) is 4.30. The first-order valence-electron chi connectivity index (χ1n) is 17.5. The van der Waals surface area contributed by atoms with Crippen molar-refractivity contribution >= 4 is 92.2 Å². The van der Waals surface area contributed by atoms with Crippen molar-refractivity contribution in [1.82, 2.24) is 9.55 Å². The van der Waals surface area contributed by atoms with Gasteiger partial charge in [0, 0.05) is 48.3 Å². The van der Waals surface area contributed by atoms with Gasteiger partial charge in [-0.2, -0.15) is 0 Å². The third-order valence-corrected chi connectivity index (χ3v) is 11.4. The number of nitrogens with zero attached hydrogens (tertiary/aromatic N) is 3. The molecule has 4 nitrogen and oxygen atoms in total. The van der Waals surface area contributed by atoms with Crippen LogP contribution in [-0.2, 0) is 0 Å². The van der Waals surface area contributed by atoms with Gasteiger partial charge in [0.1, 0.15) is 5.52 Å². The second-order valence-electron chi connectivity index (χ2n) is 13.1. The van der Waals surface area contributed by atoms with Gasteiger partial charge in [-0.05, 0) is 60.7 Å². The second-order valence-corrected chi connectivity index (χ2v) is 14.2. The summed E-state index contributed by atoms with van der Waals surface area (Å²) in [5.74, 6) is 0.606. The average molecular weight is 684 g/mol. The summed E-state index contributed by atoms with van der Waals surface area (Å²) < 4.78 is 11.7. The third-order valence-electron chi connectivity index (χ3n) is 10.2. The lowest BCUT2D eigenvalue weighted by Gasteiger charge is -2.28. The molecule has 11 rings (SSSR count). The Balaban J connectivity index is 1.29. The van der Waals surface area contributed by atoms with Crippen molar-refractivity contribution in [3.05, 3.63) is 176 Å². The molecule has 11 aromatic rings. The van der Waals surface area contributed by atoms with Crippen LogP contribution in [0.4, 0.5) is 17.1 Å². The predicted octanol–water partition coefficient (Wildman–Crippen LogP) is 13.6. The van der Waals surface area contributed by atoms with Crippen molar-refractivity contribution in [2.45, 2.75) is 0 Å². The topological polar surface area (TPSA) is 34.2 Å². The smallest absolute Gasteiger partial charge is 0.227 e. The maximum atomic E-state index is 6.76. The van der Waals surface area contributed by atoms with Crippen molar-refractivity contribution < 1.29 is 4.42 Å². The van der Waals surface area contributed by atoms with Crippen molar-refractivity contribution in [3.63, 3.8) is 0 Å². The lowest BCUT2D eigenvalue weighted by molar-refractivity contribution is 0.620. The first-order valence-corrected chi connectivity index (χ1v) is 18.3. The van der Waals surface area contributed by atoms with Crippen LogP contribution >= 0.6 is 11.3 Å². The number of thiophene rings is 1. The zero-order valence-corrected chi connectivity index (χ0v) is 28.7. The van der Waals surface area contributed by atoms with Gasteiger partial charge in [-0.15, -0.1) is 11.3 Å². The van der Waals surface area contributed by atoms with Crippen LogP contribution in [0.2, 0.25) is 0 Å². The van der Waals surface area contributed by atoms with Gasteiger partial charge in [-0.1, -0.05) is 115 Å². The van der Waals surface area contributed by atoms with E-state index in [0.717, 1.165) is 44.8 Å². The summed E-state index contributed by atoms with van der Waals surface area (Å²) in [5.41, 5.74) is 9.13. The number of oxazole rings is 1. The zero-order valence-electron chi connectivity index (χ0n) is 27.9. The van der Waals surface area contributed by atoms with Crippen molar-refractivity contribution in [1.29, 1.82) is 0 Å². The Morgan fingerprint density at radius 3 is 2.00 bits per heavy atom. The van der Waals surface area contributed by atoms with Gasteiger partial charge < -0.3 is 13.9 Å². The summed E-state index contributed by atoms with van der Waals surface area (Å²) in [6.07, 6.45) is 0. The van der Waals surface area contributed by atoms with Gasteiger partial charge >= 0.3 is 0 Å². The van der Waals surface area contributed by atoms with Crippen molar-refractivity contribution in [2.75, 3.05) is 4.90 Å². The molecule has 0 radical (unpaired) electrons. The molecule has 0 N–H and O–H groups in total. The minimum absolute atomic E-state index is 0.606. The highest BCUT2D eigenvalue weighted by Crippen LogP contribution is 2.50. The van der Waals surface area contributed by atoms with E-state index in [4.69, 9.17) is 9.40 Å². The van der Waals surface area contributed by atoms with E-state index in [-0.39, 0.29) is 0 Å². The molecule has 0 saturated heterocycles. The number of aromatic nitrogens is 2. The summed E-state index contributed by atoms with van der Waals surface area (Å²) in [6.45, 7) is 0. The van der Waals surface area contributed by atoms with E-state index in [1.165, 1.54) is 47.4 Å². The number of benzene rings is 8. The van der Waals surface area contributed by atoms with E-state index in [2.05, 4.69) is 149 Å². The SMILES string of the molecule is c1ccc(-c2nc3cccc(N(c4cc5c6ccccc6n(-c6ccccc6)c5c5ccccc45)c4cccc5c4sc4ccccc45)c3o2)cc1. The minimum Gasteiger partial charge on any atom is -0.434 e. The van der Waals surface area contributed by atoms with E-state index in [9.17, 15) is 0 Å². The summed E-state index contributed by atoms with van der Waals surface area (Å²) >= 11 is 1.83. The largest absolute Gasteiger partial charge is 0.434 e. The molecule has 52 heavy (non-hydrogen) atoms. The molecular weight excluding hydrogens is 655 g/mol. The Hall–Kier alpha value is -6.69. The Morgan fingerprint density at radius 1 is 0.500 bits per heavy atom. The monoisotopic (exact) mass is 683 g/mol. The standard InChI is InChI=1S/C47H29N3OS/c1-3-15-30(16-4-1)47-48-38-24-14-26-40(45(38)51-47)50(41-27-13-23-36-34-21-10-12-28-43(34)52-46(36)41)42-29-37-33-20-9-11-25-39(33)49(31-17-5-2-6-18-31)44(37)35-22-8-7-19-32(35)42/h1-29H. The van der Waals surface area contributed by atoms with Crippen LogP contribution in [0.15, 0.2) is 180 Å². The second kappa shape index (κ2) is 11.4. The molecule has 244 valence electrons. The number of hydrogen-bond acceptors (Lipinski definition) is 4. The Bertz CT molecular complexity index is 3140. The lowest BCUT2D eigenvalue weighted by atomic mass is 10.0. The number of fused-ring (bicyclic) bond motifs is 9. The molecule has 0 spiro atoms. The van der Waals surface area contributed by atoms with E-state index in [1.54, 1.807) is 0 Å². The normalized spacial score (nSPS) is 11.8. The molecule has 0 atom stereocenters. The van der Waals surface area contributed by atoms with Gasteiger partial charge in [0.05, 0.1) is 32.8 Å². The molecule has 0 saturated carbocycles. The van der Waals surface area contributed by atoms with Gasteiger partial charge in [0.25, 0.3) is 0 Å². The zero-order chi connectivity index (χ0) is 34.2. The first-order chi connectivity index (χ1) is 25.8. The van der Waals surface area contributed by atoms with Crippen LogP contribution in [-0.4, -0.2) is 9.55 Å². The maximum absolute atomic E-state index is 6.76. The molecule has 3 aromatic heterocycles. The number of hydrogen-bond donors (Lipinski definition) is 0. The number of rotatable bonds is 5. The van der Waals surface area contributed by atoms with E-state index in [0.29, 0.717) is 5.89 Å². The van der Waals surface area contributed by atoms with E-state index in [1.807, 2.05) is 47.7 Å². The fourth-order valence-electron chi connectivity index (χ4n) is 7.95. The van der Waals surface area contributed by atoms with Gasteiger partial charge in [0.2, 0.25) is 5.89 Å². The predicted molar refractivity (Wildman–Crippen MR) is 219 cm³/mol. The number of para-hydroxylation sites is 3. The Kier molecular flexibility index (Phi) is 6.39. The van der Waals surface area contributed by atoms with Crippen molar-refractivity contribution in [3.8, 4) is 17.1 Å². The average Bonchev–Trinajstić information content (AvgIpc) is 3.92. The molecule has 0 fully saturated rings. The van der Waals surface area contributed by atoms with Crippen molar-refractivity contribution in [2.24, 2.45) is 0 Å². The summed E-state index contributed by atoms with van der Waals surface area (Å²) in [6, 6.07) is 62.5. The molecule has 0 amide bonds. The molecule has 0 aliphatic rings. The number of anilines is 3. The Morgan fingerprint density at radius 2 is 1.15 bits per heavy atom. The molecule has 3 heterocycles. The minimum atomic E-state index is 0.606. The highest BCUT2D eigenvalue weighted by Gasteiger charge is 2.26. The quantitative estimate of drug-likeness (QED) is 0.181. The van der Waals surface area contributed by atoms with Crippen LogP contribution in [0.25, 0.3) is 81.0 Å². The van der Waals surface area contributed by atoms with Crippen LogP contribution in [0.5, 0.6) is 0 Å². The fraction of sp³-hybridized carbons (Fsp3) is 0. The van der Waals surface area contributed by atoms with E-state index < -0.39 is 0 Å². The Labute approximate surface area is 303 Å². The van der Waals surface area contributed by atoms with E-state index >= 15 is 0 Å². The van der Waals surface area contributed by atoms with Crippen LogP contribution in [0.1, 0.15) is 0 Å². The highest BCUT2D eigenvalue weighted by molar-refractivity contribution is 7.26. The lowest BCUT2D eigenvalue weighted by Crippen LogP contribution is -2.11. The van der Waals surface area contributed by atoms with Gasteiger partial charge in [-0.3, -0.25) is 0 Å². The summed E-state index contributed by atoms with van der Waals surface area (Å²) in [5, 5.41) is 7.23. The maximum Gasteiger partial charge on any atom is 0.227 e. The first kappa shape index (κ1) is 29.1. The molecule has 0 aliphatic carbocycles. The highest BCUT2D eigenvalue weighted by atomic mass is 32.1. The molecule has 0 aliphatic heterocycles.